The van der Waals surface area contributed by atoms with Gasteiger partial charge in [0.1, 0.15) is 6.67 Å². The van der Waals surface area contributed by atoms with Crippen LogP contribution in [0.25, 0.3) is 0 Å². The molecule has 0 aliphatic carbocycles. The van der Waals surface area contributed by atoms with Crippen molar-refractivity contribution < 1.29 is 4.39 Å². The molecule has 0 aromatic rings. The molecular weight excluding hydrogens is 167 g/mol. The van der Waals surface area contributed by atoms with Crippen LogP contribution in [-0.2, 0) is 0 Å². The highest BCUT2D eigenvalue weighted by atomic mass is 35.5. The molecule has 2 nitrogen and oxygen atoms in total. The minimum Gasteiger partial charge on any atom is -0.328 e. The number of nitrogens with two attached hydrogens (primary N) is 1. The molecule has 1 fully saturated rings. The van der Waals surface area contributed by atoms with Gasteiger partial charge in [0.05, 0.1) is 0 Å². The maximum absolute atomic E-state index is 11.8. The average Bonchev–Trinajstić information content (AvgIpc) is 1.95. The Morgan fingerprint density at radius 3 is 2.36 bits per heavy atom. The molecular formula is C7H16ClFN2. The number of piperidine rings is 1. The highest BCUT2D eigenvalue weighted by Gasteiger charge is 2.14. The maximum Gasteiger partial charge on any atom is 0.102 e. The predicted octanol–water partition coefficient (Wildman–Crippen LogP) is 0.801. The van der Waals surface area contributed by atoms with Gasteiger partial charge in [0.25, 0.3) is 0 Å². The van der Waals surface area contributed by atoms with E-state index in [2.05, 4.69) is 4.90 Å². The van der Waals surface area contributed by atoms with Crippen LogP contribution in [0.3, 0.4) is 0 Å². The van der Waals surface area contributed by atoms with Gasteiger partial charge in [-0.15, -0.1) is 12.4 Å². The summed E-state index contributed by atoms with van der Waals surface area (Å²) in [6, 6.07) is 0.357. The minimum atomic E-state index is -0.227. The molecule has 4 heteroatoms. The van der Waals surface area contributed by atoms with Gasteiger partial charge in [-0.3, -0.25) is 0 Å². The van der Waals surface area contributed by atoms with Gasteiger partial charge in [-0.2, -0.15) is 0 Å². The van der Waals surface area contributed by atoms with E-state index in [1.807, 2.05) is 0 Å². The molecule has 1 heterocycles. The van der Waals surface area contributed by atoms with Crippen LogP contribution in [0.5, 0.6) is 0 Å². The fraction of sp³-hybridized carbons (Fsp3) is 1.00. The molecule has 1 aliphatic rings. The van der Waals surface area contributed by atoms with Crippen LogP contribution in [0.15, 0.2) is 0 Å². The van der Waals surface area contributed by atoms with Gasteiger partial charge < -0.3 is 10.6 Å². The number of alkyl halides is 1. The average molecular weight is 183 g/mol. The largest absolute Gasteiger partial charge is 0.328 e. The fourth-order valence-electron chi connectivity index (χ4n) is 1.30. The van der Waals surface area contributed by atoms with Gasteiger partial charge in [-0.05, 0) is 25.9 Å². The molecule has 0 radical (unpaired) electrons. The second kappa shape index (κ2) is 5.75. The van der Waals surface area contributed by atoms with Crippen molar-refractivity contribution in [3.8, 4) is 0 Å². The second-order valence-corrected chi connectivity index (χ2v) is 2.87. The second-order valence-electron chi connectivity index (χ2n) is 2.87. The number of rotatable bonds is 2. The molecule has 0 aromatic carbocycles. The Bertz CT molecular complexity index is 94.4. The molecule has 0 amide bonds. The van der Waals surface area contributed by atoms with Crippen LogP contribution >= 0.6 is 12.4 Å². The van der Waals surface area contributed by atoms with Crippen molar-refractivity contribution in [3.05, 3.63) is 0 Å². The standard InChI is InChI=1S/C7H15FN2.ClH/c8-3-6-10-4-1-7(9)2-5-10;/h7H,1-6,9H2;1H. The monoisotopic (exact) mass is 182 g/mol. The predicted molar refractivity (Wildman–Crippen MR) is 46.9 cm³/mol. The molecule has 0 unspecified atom stereocenters. The summed E-state index contributed by atoms with van der Waals surface area (Å²) in [7, 11) is 0. The van der Waals surface area contributed by atoms with E-state index in [9.17, 15) is 4.39 Å². The molecule has 1 rings (SSSR count). The quantitative estimate of drug-likeness (QED) is 0.685. The minimum absolute atomic E-state index is 0. The van der Waals surface area contributed by atoms with E-state index in [0.29, 0.717) is 12.6 Å². The summed E-state index contributed by atoms with van der Waals surface area (Å²) in [6.07, 6.45) is 2.06. The molecule has 2 N–H and O–H groups in total. The summed E-state index contributed by atoms with van der Waals surface area (Å²) in [4.78, 5) is 2.13. The normalized spacial score (nSPS) is 21.3. The van der Waals surface area contributed by atoms with Crippen LogP contribution < -0.4 is 5.73 Å². The van der Waals surface area contributed by atoms with E-state index in [0.717, 1.165) is 25.9 Å². The van der Waals surface area contributed by atoms with Crippen molar-refractivity contribution in [2.24, 2.45) is 5.73 Å². The third-order valence-electron chi connectivity index (χ3n) is 2.03. The van der Waals surface area contributed by atoms with Crippen molar-refractivity contribution in [3.63, 3.8) is 0 Å². The Labute approximate surface area is 73.3 Å². The van der Waals surface area contributed by atoms with Crippen molar-refractivity contribution >= 4 is 12.4 Å². The van der Waals surface area contributed by atoms with Crippen molar-refractivity contribution in [2.75, 3.05) is 26.3 Å². The van der Waals surface area contributed by atoms with Crippen LogP contribution in [-0.4, -0.2) is 37.3 Å². The third kappa shape index (κ3) is 3.89. The summed E-state index contributed by atoms with van der Waals surface area (Å²) >= 11 is 0. The summed E-state index contributed by atoms with van der Waals surface area (Å²) < 4.78 is 11.8. The molecule has 0 aromatic heterocycles. The molecule has 1 saturated heterocycles. The molecule has 0 atom stereocenters. The van der Waals surface area contributed by atoms with Gasteiger partial charge >= 0.3 is 0 Å². The molecule has 68 valence electrons. The zero-order valence-corrected chi connectivity index (χ0v) is 7.45. The van der Waals surface area contributed by atoms with E-state index in [1.54, 1.807) is 0 Å². The van der Waals surface area contributed by atoms with Gasteiger partial charge in [0.15, 0.2) is 0 Å². The van der Waals surface area contributed by atoms with E-state index in [-0.39, 0.29) is 19.1 Å². The van der Waals surface area contributed by atoms with Crippen LogP contribution in [0.2, 0.25) is 0 Å². The molecule has 11 heavy (non-hydrogen) atoms. The first kappa shape index (κ1) is 11.1. The van der Waals surface area contributed by atoms with E-state index in [4.69, 9.17) is 5.73 Å². The van der Waals surface area contributed by atoms with Crippen LogP contribution in [0, 0.1) is 0 Å². The molecule has 0 saturated carbocycles. The van der Waals surface area contributed by atoms with Gasteiger partial charge in [-0.25, -0.2) is 4.39 Å². The summed E-state index contributed by atoms with van der Waals surface area (Å²) in [5.74, 6) is 0. The number of hydrogen-bond acceptors (Lipinski definition) is 2. The Morgan fingerprint density at radius 2 is 1.91 bits per heavy atom. The first-order valence-electron chi connectivity index (χ1n) is 3.87. The first-order chi connectivity index (χ1) is 4.83. The smallest absolute Gasteiger partial charge is 0.102 e. The number of hydrogen-bond donors (Lipinski definition) is 1. The lowest BCUT2D eigenvalue weighted by Gasteiger charge is -2.28. The summed E-state index contributed by atoms with van der Waals surface area (Å²) in [6.45, 7) is 2.32. The Balaban J connectivity index is 0.000001000. The summed E-state index contributed by atoms with van der Waals surface area (Å²) in [5.41, 5.74) is 5.67. The third-order valence-corrected chi connectivity index (χ3v) is 2.03. The molecule has 1 aliphatic heterocycles. The topological polar surface area (TPSA) is 29.3 Å². The maximum atomic E-state index is 11.8. The van der Waals surface area contributed by atoms with Gasteiger partial charge in [0, 0.05) is 12.6 Å². The van der Waals surface area contributed by atoms with E-state index >= 15 is 0 Å². The fourth-order valence-corrected chi connectivity index (χ4v) is 1.30. The lowest BCUT2D eigenvalue weighted by atomic mass is 10.1. The highest BCUT2D eigenvalue weighted by molar-refractivity contribution is 5.85. The zero-order valence-electron chi connectivity index (χ0n) is 6.63. The molecule has 0 bridgehead atoms. The SMILES string of the molecule is Cl.NC1CCN(CCF)CC1. The Hall–Kier alpha value is 0.140. The van der Waals surface area contributed by atoms with Crippen LogP contribution in [0.4, 0.5) is 4.39 Å². The lowest BCUT2D eigenvalue weighted by Crippen LogP contribution is -2.40. The van der Waals surface area contributed by atoms with Crippen molar-refractivity contribution in [2.45, 2.75) is 18.9 Å². The van der Waals surface area contributed by atoms with Crippen LogP contribution in [0.1, 0.15) is 12.8 Å². The Kier molecular flexibility index (Phi) is 5.82. The van der Waals surface area contributed by atoms with Gasteiger partial charge in [-0.1, -0.05) is 0 Å². The van der Waals surface area contributed by atoms with Crippen molar-refractivity contribution in [1.29, 1.82) is 0 Å². The lowest BCUT2D eigenvalue weighted by molar-refractivity contribution is 0.198. The number of halogens is 2. The highest BCUT2D eigenvalue weighted by Crippen LogP contribution is 2.06. The van der Waals surface area contributed by atoms with E-state index in [1.165, 1.54) is 0 Å². The van der Waals surface area contributed by atoms with Gasteiger partial charge in [0.2, 0.25) is 0 Å². The molecule has 0 spiro atoms. The number of nitrogens with zero attached hydrogens (tertiary/aromatic N) is 1. The van der Waals surface area contributed by atoms with E-state index < -0.39 is 0 Å². The Morgan fingerprint density at radius 1 is 1.36 bits per heavy atom. The number of likely N-dealkylation sites (tertiary alicyclic amines) is 1. The summed E-state index contributed by atoms with van der Waals surface area (Å²) in [5, 5.41) is 0. The van der Waals surface area contributed by atoms with Crippen molar-refractivity contribution in [1.82, 2.24) is 4.90 Å². The zero-order chi connectivity index (χ0) is 7.40. The first-order valence-corrected chi connectivity index (χ1v) is 3.87.